The van der Waals surface area contributed by atoms with E-state index in [0.717, 1.165) is 31.5 Å². The molecule has 2 aromatic carbocycles. The lowest BCUT2D eigenvalue weighted by Crippen LogP contribution is -2.29. The zero-order valence-corrected chi connectivity index (χ0v) is 20.5. The Morgan fingerprint density at radius 2 is 1.44 bits per heavy atom. The van der Waals surface area contributed by atoms with E-state index in [0.29, 0.717) is 45.6 Å². The van der Waals surface area contributed by atoms with E-state index in [1.54, 1.807) is 52.7 Å². The lowest BCUT2D eigenvalue weighted by Gasteiger charge is -2.30. The maximum atomic E-state index is 13.6. The summed E-state index contributed by atoms with van der Waals surface area (Å²) in [4.78, 5) is 15.9. The molecule has 34 heavy (non-hydrogen) atoms. The number of fused-ring (bicyclic) bond motifs is 1. The molecule has 2 heterocycles. The second kappa shape index (κ2) is 9.85. The zero-order chi connectivity index (χ0) is 24.4. The molecule has 1 fully saturated rings. The first kappa shape index (κ1) is 23.8. The molecule has 0 amide bonds. The third-order valence-electron chi connectivity index (χ3n) is 6.50. The lowest BCUT2D eigenvalue weighted by atomic mass is 9.86. The van der Waals surface area contributed by atoms with Crippen molar-refractivity contribution >= 4 is 11.9 Å². The van der Waals surface area contributed by atoms with E-state index in [1.165, 1.54) is 7.11 Å². The number of hydrogen-bond acceptors (Lipinski definition) is 8. The smallest absolute Gasteiger partial charge is 0.235 e. The summed E-state index contributed by atoms with van der Waals surface area (Å²) in [6.07, 6.45) is 3.54. The Morgan fingerprint density at radius 1 is 0.853 bits per heavy atom. The van der Waals surface area contributed by atoms with Gasteiger partial charge < -0.3 is 33.3 Å². The fraction of sp³-hybridized carbons (Fsp3) is 0.423. The summed E-state index contributed by atoms with van der Waals surface area (Å²) in [6.45, 7) is 1.93. The van der Waals surface area contributed by atoms with Crippen LogP contribution in [0.3, 0.4) is 0 Å². The number of hydrogen-bond donors (Lipinski definition) is 0. The average Bonchev–Trinajstić information content (AvgIpc) is 3.19. The molecule has 4 rings (SSSR count). The highest BCUT2D eigenvalue weighted by atomic mass is 16.5. The van der Waals surface area contributed by atoms with Crippen LogP contribution in [-0.4, -0.2) is 66.4 Å². The van der Waals surface area contributed by atoms with E-state index in [2.05, 4.69) is 11.9 Å². The minimum Gasteiger partial charge on any atom is -0.496 e. The molecule has 8 nitrogen and oxygen atoms in total. The van der Waals surface area contributed by atoms with Crippen molar-refractivity contribution in [2.75, 3.05) is 55.7 Å². The minimum absolute atomic E-state index is 0.164. The van der Waals surface area contributed by atoms with Crippen molar-refractivity contribution in [2.45, 2.75) is 18.8 Å². The summed E-state index contributed by atoms with van der Waals surface area (Å²) >= 11 is 0. The molecule has 8 heteroatoms. The molecule has 0 aliphatic carbocycles. The molecule has 2 aliphatic rings. The summed E-state index contributed by atoms with van der Waals surface area (Å²) in [5.41, 5.74) is 1.90. The maximum Gasteiger partial charge on any atom is 0.235 e. The van der Waals surface area contributed by atoms with Crippen LogP contribution in [0.4, 0.5) is 0 Å². The number of carbonyl (C=O) groups is 1. The molecular formula is C26H31NO7. The third kappa shape index (κ3) is 4.14. The number of benzene rings is 2. The van der Waals surface area contributed by atoms with Crippen LogP contribution < -0.4 is 28.4 Å². The molecule has 0 bridgehead atoms. The van der Waals surface area contributed by atoms with Crippen LogP contribution in [0.1, 0.15) is 40.2 Å². The molecular weight excluding hydrogens is 438 g/mol. The van der Waals surface area contributed by atoms with Gasteiger partial charge in [-0.25, -0.2) is 0 Å². The first-order chi connectivity index (χ1) is 16.4. The van der Waals surface area contributed by atoms with Crippen molar-refractivity contribution < 1.29 is 33.2 Å². The van der Waals surface area contributed by atoms with Gasteiger partial charge in [0, 0.05) is 23.8 Å². The highest BCUT2D eigenvalue weighted by molar-refractivity contribution is 6.17. The van der Waals surface area contributed by atoms with E-state index >= 15 is 0 Å². The molecule has 1 saturated heterocycles. The van der Waals surface area contributed by atoms with Gasteiger partial charge in [-0.05, 0) is 45.0 Å². The van der Waals surface area contributed by atoms with Gasteiger partial charge >= 0.3 is 0 Å². The van der Waals surface area contributed by atoms with Gasteiger partial charge in [-0.15, -0.1) is 0 Å². The van der Waals surface area contributed by atoms with E-state index < -0.39 is 0 Å². The number of nitrogens with zero attached hydrogens (tertiary/aromatic N) is 1. The third-order valence-corrected chi connectivity index (χ3v) is 6.50. The van der Waals surface area contributed by atoms with E-state index in [4.69, 9.17) is 28.4 Å². The molecule has 182 valence electrons. The van der Waals surface area contributed by atoms with Crippen LogP contribution in [0.5, 0.6) is 34.5 Å². The number of piperidine rings is 1. The number of ketones is 1. The fourth-order valence-corrected chi connectivity index (χ4v) is 4.64. The molecule has 0 saturated carbocycles. The van der Waals surface area contributed by atoms with Crippen molar-refractivity contribution in [3.63, 3.8) is 0 Å². The lowest BCUT2D eigenvalue weighted by molar-refractivity contribution is 0.101. The van der Waals surface area contributed by atoms with Gasteiger partial charge in [0.2, 0.25) is 5.78 Å². The van der Waals surface area contributed by atoms with Crippen molar-refractivity contribution in [3.8, 4) is 34.5 Å². The summed E-state index contributed by atoms with van der Waals surface area (Å²) in [6, 6.07) is 5.25. The molecule has 2 aromatic rings. The predicted molar refractivity (Wildman–Crippen MR) is 128 cm³/mol. The largest absolute Gasteiger partial charge is 0.496 e. The maximum absolute atomic E-state index is 13.6. The van der Waals surface area contributed by atoms with Crippen molar-refractivity contribution in [3.05, 3.63) is 40.6 Å². The molecule has 0 spiro atoms. The Labute approximate surface area is 199 Å². The SMILES string of the molecule is COc1cc(OC)c(/C=C2\Oc3c(c(OC)cc(OC)c3C3CCN(C)CC3)C2=O)c(OC)c1. The number of rotatable bonds is 7. The van der Waals surface area contributed by atoms with Crippen molar-refractivity contribution in [2.24, 2.45) is 0 Å². The molecule has 0 atom stereocenters. The van der Waals surface area contributed by atoms with Gasteiger partial charge in [-0.2, -0.15) is 0 Å². The molecule has 0 radical (unpaired) electrons. The van der Waals surface area contributed by atoms with Crippen LogP contribution in [0.15, 0.2) is 24.0 Å². The monoisotopic (exact) mass is 469 g/mol. The Balaban J connectivity index is 1.84. The van der Waals surface area contributed by atoms with Crippen LogP contribution in [0, 0.1) is 0 Å². The van der Waals surface area contributed by atoms with Crippen LogP contribution in [0.25, 0.3) is 6.08 Å². The number of Topliss-reactive ketones (excluding diaryl/α,β-unsaturated/α-hetero) is 1. The van der Waals surface area contributed by atoms with E-state index in [9.17, 15) is 4.79 Å². The predicted octanol–water partition coefficient (Wildman–Crippen LogP) is 4.16. The number of methoxy groups -OCH3 is 5. The van der Waals surface area contributed by atoms with E-state index in [1.807, 2.05) is 0 Å². The van der Waals surface area contributed by atoms with Crippen LogP contribution in [-0.2, 0) is 0 Å². The number of likely N-dealkylation sites (tertiary alicyclic amines) is 1. The van der Waals surface area contributed by atoms with Gasteiger partial charge in [0.05, 0.1) is 41.1 Å². The van der Waals surface area contributed by atoms with Gasteiger partial charge in [-0.3, -0.25) is 4.79 Å². The number of ether oxygens (including phenoxy) is 6. The quantitative estimate of drug-likeness (QED) is 0.560. The fourth-order valence-electron chi connectivity index (χ4n) is 4.64. The van der Waals surface area contributed by atoms with Crippen LogP contribution in [0.2, 0.25) is 0 Å². The molecule has 0 unspecified atom stereocenters. The normalized spacial score (nSPS) is 17.4. The number of carbonyl (C=O) groups excluding carboxylic acids is 1. The first-order valence-electron chi connectivity index (χ1n) is 11.2. The number of allylic oxidation sites excluding steroid dienone is 1. The summed E-state index contributed by atoms with van der Waals surface area (Å²) in [5, 5.41) is 0. The molecule has 0 aromatic heterocycles. The van der Waals surface area contributed by atoms with E-state index in [-0.39, 0.29) is 17.5 Å². The van der Waals surface area contributed by atoms with Gasteiger partial charge in [0.25, 0.3) is 0 Å². The van der Waals surface area contributed by atoms with Crippen molar-refractivity contribution in [1.82, 2.24) is 4.90 Å². The van der Waals surface area contributed by atoms with Crippen molar-refractivity contribution in [1.29, 1.82) is 0 Å². The Bertz CT molecular complexity index is 1090. The minimum atomic E-state index is -0.261. The highest BCUT2D eigenvalue weighted by Crippen LogP contribution is 2.50. The summed E-state index contributed by atoms with van der Waals surface area (Å²) in [5.74, 6) is 3.28. The zero-order valence-electron chi connectivity index (χ0n) is 20.5. The standard InChI is InChI=1S/C26H31NO7/c1-27-9-7-15(8-10-27)23-20(32-5)14-21(33-6)24-25(28)22(34-26(23)24)13-17-18(30-3)11-16(29-2)12-19(17)31-4/h11-15H,7-10H2,1-6H3/b22-13-. The molecule has 0 N–H and O–H groups in total. The second-order valence-corrected chi connectivity index (χ2v) is 8.36. The summed E-state index contributed by atoms with van der Waals surface area (Å²) < 4.78 is 34.0. The highest BCUT2D eigenvalue weighted by Gasteiger charge is 2.38. The Morgan fingerprint density at radius 3 is 1.97 bits per heavy atom. The Hall–Kier alpha value is -3.39. The van der Waals surface area contributed by atoms with Crippen LogP contribution >= 0.6 is 0 Å². The first-order valence-corrected chi connectivity index (χ1v) is 11.2. The molecule has 2 aliphatic heterocycles. The van der Waals surface area contributed by atoms with Gasteiger partial charge in [0.15, 0.2) is 5.76 Å². The van der Waals surface area contributed by atoms with Gasteiger partial charge in [-0.1, -0.05) is 0 Å². The second-order valence-electron chi connectivity index (χ2n) is 8.36. The van der Waals surface area contributed by atoms with Gasteiger partial charge in [0.1, 0.15) is 40.1 Å². The summed E-state index contributed by atoms with van der Waals surface area (Å²) in [7, 11) is 9.94. The topological polar surface area (TPSA) is 75.7 Å². The average molecular weight is 470 g/mol. The Kier molecular flexibility index (Phi) is 6.88.